The van der Waals surface area contributed by atoms with E-state index in [0.29, 0.717) is 23.9 Å². The lowest BCUT2D eigenvalue weighted by Crippen LogP contribution is -2.26. The number of hydrogen-bond donors (Lipinski definition) is 1. The summed E-state index contributed by atoms with van der Waals surface area (Å²) in [6, 6.07) is 12.3. The highest BCUT2D eigenvalue weighted by Crippen LogP contribution is 2.46. The van der Waals surface area contributed by atoms with Crippen molar-refractivity contribution in [2.45, 2.75) is 19.3 Å². The van der Waals surface area contributed by atoms with Crippen LogP contribution in [0.25, 0.3) is 11.0 Å². The number of nitrogens with zero attached hydrogens (tertiary/aromatic N) is 3. The first-order valence-corrected chi connectivity index (χ1v) is 8.26. The largest absolute Gasteiger partial charge is 0.352 e. The van der Waals surface area contributed by atoms with Gasteiger partial charge in [-0.2, -0.15) is 5.10 Å². The van der Waals surface area contributed by atoms with Crippen molar-refractivity contribution in [2.75, 3.05) is 6.54 Å². The molecule has 1 N–H and O–H groups in total. The van der Waals surface area contributed by atoms with Crippen LogP contribution in [0.1, 0.15) is 34.0 Å². The summed E-state index contributed by atoms with van der Waals surface area (Å²) in [6.45, 7) is 2.61. The fourth-order valence-corrected chi connectivity index (χ4v) is 3.33. The molecule has 1 saturated carbocycles. The summed E-state index contributed by atoms with van der Waals surface area (Å²) in [7, 11) is 1.84. The van der Waals surface area contributed by atoms with Crippen LogP contribution in [-0.2, 0) is 7.05 Å². The molecule has 0 unspecified atom stereocenters. The second-order valence-corrected chi connectivity index (χ2v) is 6.54. The first kappa shape index (κ1) is 14.9. The highest BCUT2D eigenvalue weighted by Gasteiger charge is 2.38. The van der Waals surface area contributed by atoms with Gasteiger partial charge < -0.3 is 5.32 Å². The van der Waals surface area contributed by atoms with E-state index in [9.17, 15) is 4.79 Å². The summed E-state index contributed by atoms with van der Waals surface area (Å²) in [6.07, 6.45) is 2.85. The van der Waals surface area contributed by atoms with Gasteiger partial charge in [0.1, 0.15) is 0 Å². The normalized spacial score (nSPS) is 19.4. The van der Waals surface area contributed by atoms with Crippen LogP contribution < -0.4 is 5.32 Å². The maximum Gasteiger partial charge on any atom is 0.252 e. The summed E-state index contributed by atoms with van der Waals surface area (Å²) >= 11 is 0. The van der Waals surface area contributed by atoms with Crippen LogP contribution in [0.15, 0.2) is 42.6 Å². The van der Waals surface area contributed by atoms with E-state index in [1.54, 1.807) is 10.9 Å². The first-order chi connectivity index (χ1) is 11.6. The molecule has 1 aliphatic rings. The summed E-state index contributed by atoms with van der Waals surface area (Å²) in [4.78, 5) is 17.1. The van der Waals surface area contributed by atoms with Gasteiger partial charge in [-0.1, -0.05) is 30.3 Å². The van der Waals surface area contributed by atoms with Crippen molar-refractivity contribution < 1.29 is 4.79 Å². The fraction of sp³-hybridized carbons (Fsp3) is 0.316. The van der Waals surface area contributed by atoms with Crippen LogP contribution in [0.3, 0.4) is 0 Å². The molecule has 3 aromatic rings. The number of fused-ring (bicyclic) bond motifs is 1. The van der Waals surface area contributed by atoms with Gasteiger partial charge in [0, 0.05) is 19.3 Å². The van der Waals surface area contributed by atoms with Gasteiger partial charge in [0.05, 0.1) is 17.1 Å². The molecule has 24 heavy (non-hydrogen) atoms. The predicted molar refractivity (Wildman–Crippen MR) is 92.9 cm³/mol. The molecule has 5 nitrogen and oxygen atoms in total. The third-order valence-corrected chi connectivity index (χ3v) is 4.75. The van der Waals surface area contributed by atoms with Gasteiger partial charge in [-0.05, 0) is 36.8 Å². The molecule has 1 fully saturated rings. The average molecular weight is 320 g/mol. The van der Waals surface area contributed by atoms with Gasteiger partial charge >= 0.3 is 0 Å². The van der Waals surface area contributed by atoms with E-state index in [1.807, 2.05) is 26.1 Å². The number of nitrogens with one attached hydrogen (secondary N) is 1. The third-order valence-electron chi connectivity index (χ3n) is 4.75. The van der Waals surface area contributed by atoms with Crippen LogP contribution in [0.5, 0.6) is 0 Å². The molecule has 0 saturated heterocycles. The topological polar surface area (TPSA) is 59.8 Å². The molecule has 0 spiro atoms. The molecular weight excluding hydrogens is 300 g/mol. The maximum absolute atomic E-state index is 12.6. The van der Waals surface area contributed by atoms with E-state index in [-0.39, 0.29) is 5.91 Å². The number of carbonyl (C=O) groups is 1. The Morgan fingerprint density at radius 3 is 2.92 bits per heavy atom. The lowest BCUT2D eigenvalue weighted by Gasteiger charge is -2.07. The zero-order chi connectivity index (χ0) is 16.7. The Morgan fingerprint density at radius 2 is 2.12 bits per heavy atom. The molecule has 0 aliphatic heterocycles. The number of benzene rings is 1. The lowest BCUT2D eigenvalue weighted by molar-refractivity contribution is 0.0953. The standard InChI is InChI=1S/C19H20N4O/c1-12-8-16(17-11-21-23(2)18(17)22-12)19(24)20-10-14-9-15(14)13-6-4-3-5-7-13/h3-8,11,14-15H,9-10H2,1-2H3,(H,20,24)/t14-,15-/m1/s1. The second kappa shape index (κ2) is 5.74. The minimum atomic E-state index is -0.0442. The maximum atomic E-state index is 12.6. The van der Waals surface area contributed by atoms with Crippen molar-refractivity contribution in [3.63, 3.8) is 0 Å². The molecule has 4 rings (SSSR count). The number of rotatable bonds is 4. The van der Waals surface area contributed by atoms with Crippen molar-refractivity contribution >= 4 is 16.9 Å². The monoisotopic (exact) mass is 320 g/mol. The van der Waals surface area contributed by atoms with Gasteiger partial charge in [0.2, 0.25) is 0 Å². The van der Waals surface area contributed by atoms with Gasteiger partial charge in [0.25, 0.3) is 5.91 Å². The molecule has 2 atom stereocenters. The molecule has 1 aliphatic carbocycles. The molecule has 2 heterocycles. The zero-order valence-corrected chi connectivity index (χ0v) is 13.9. The van der Waals surface area contributed by atoms with Crippen LogP contribution >= 0.6 is 0 Å². The number of carbonyl (C=O) groups excluding carboxylic acids is 1. The fourth-order valence-electron chi connectivity index (χ4n) is 3.33. The molecule has 122 valence electrons. The van der Waals surface area contributed by atoms with Crippen LogP contribution in [-0.4, -0.2) is 27.2 Å². The molecule has 0 radical (unpaired) electrons. The van der Waals surface area contributed by atoms with Crippen LogP contribution in [0, 0.1) is 12.8 Å². The van der Waals surface area contributed by atoms with Crippen molar-refractivity contribution in [1.29, 1.82) is 0 Å². The summed E-state index contributed by atoms with van der Waals surface area (Å²) in [5.74, 6) is 1.06. The SMILES string of the molecule is Cc1cc(C(=O)NC[C@H]2C[C@@H]2c2ccccc2)c2cnn(C)c2n1. The molecule has 5 heteroatoms. The summed E-state index contributed by atoms with van der Waals surface area (Å²) < 4.78 is 1.70. The second-order valence-electron chi connectivity index (χ2n) is 6.54. The Bertz CT molecular complexity index is 900. The molecule has 1 amide bonds. The molecular formula is C19H20N4O. The van der Waals surface area contributed by atoms with E-state index < -0.39 is 0 Å². The smallest absolute Gasteiger partial charge is 0.252 e. The van der Waals surface area contributed by atoms with E-state index in [1.165, 1.54) is 5.56 Å². The van der Waals surface area contributed by atoms with E-state index in [2.05, 4.69) is 39.7 Å². The summed E-state index contributed by atoms with van der Waals surface area (Å²) in [5, 5.41) is 8.10. The minimum Gasteiger partial charge on any atom is -0.352 e. The van der Waals surface area contributed by atoms with E-state index in [0.717, 1.165) is 23.1 Å². The number of aromatic nitrogens is 3. The van der Waals surface area contributed by atoms with Gasteiger partial charge in [-0.25, -0.2) is 4.98 Å². The van der Waals surface area contributed by atoms with Crippen molar-refractivity contribution in [2.24, 2.45) is 13.0 Å². The molecule has 2 aromatic heterocycles. The summed E-state index contributed by atoms with van der Waals surface area (Å²) in [5.41, 5.74) is 3.59. The number of hydrogen-bond acceptors (Lipinski definition) is 3. The lowest BCUT2D eigenvalue weighted by atomic mass is 10.1. The zero-order valence-electron chi connectivity index (χ0n) is 13.9. The van der Waals surface area contributed by atoms with Gasteiger partial charge in [-0.15, -0.1) is 0 Å². The number of pyridine rings is 1. The van der Waals surface area contributed by atoms with Crippen molar-refractivity contribution in [3.8, 4) is 0 Å². The Labute approximate surface area is 140 Å². The Balaban J connectivity index is 1.46. The Morgan fingerprint density at radius 1 is 1.33 bits per heavy atom. The Kier molecular flexibility index (Phi) is 3.56. The number of amides is 1. The van der Waals surface area contributed by atoms with Crippen LogP contribution in [0.4, 0.5) is 0 Å². The number of aryl methyl sites for hydroxylation is 2. The van der Waals surface area contributed by atoms with Gasteiger partial charge in [-0.3, -0.25) is 9.48 Å². The first-order valence-electron chi connectivity index (χ1n) is 8.26. The van der Waals surface area contributed by atoms with Crippen molar-refractivity contribution in [3.05, 3.63) is 59.4 Å². The van der Waals surface area contributed by atoms with E-state index >= 15 is 0 Å². The minimum absolute atomic E-state index is 0.0442. The quantitative estimate of drug-likeness (QED) is 0.804. The molecule has 1 aromatic carbocycles. The van der Waals surface area contributed by atoms with E-state index in [4.69, 9.17) is 0 Å². The highest BCUT2D eigenvalue weighted by molar-refractivity contribution is 6.05. The third kappa shape index (κ3) is 2.66. The highest BCUT2D eigenvalue weighted by atomic mass is 16.1. The van der Waals surface area contributed by atoms with Crippen molar-refractivity contribution in [1.82, 2.24) is 20.1 Å². The predicted octanol–water partition coefficient (Wildman–Crippen LogP) is 2.81. The Hall–Kier alpha value is -2.69. The van der Waals surface area contributed by atoms with Crippen LogP contribution in [0.2, 0.25) is 0 Å². The molecule has 0 bridgehead atoms. The average Bonchev–Trinajstić information content (AvgIpc) is 3.29. The van der Waals surface area contributed by atoms with Gasteiger partial charge in [0.15, 0.2) is 5.65 Å².